The van der Waals surface area contributed by atoms with Crippen molar-refractivity contribution in [1.82, 2.24) is 0 Å². The van der Waals surface area contributed by atoms with E-state index in [0.717, 1.165) is 45.9 Å². The molecule has 4 aromatic carbocycles. The minimum Gasteiger partial charge on any atom is -0.456 e. The second-order valence-corrected chi connectivity index (χ2v) is 12.3. The van der Waals surface area contributed by atoms with Gasteiger partial charge in [-0.25, -0.2) is 0 Å². The van der Waals surface area contributed by atoms with E-state index in [0.29, 0.717) is 0 Å². The molecular formula is C39H46O2. The Kier molecular flexibility index (Phi) is 8.94. The maximum atomic E-state index is 6.47. The van der Waals surface area contributed by atoms with Crippen LogP contribution in [0.4, 0.5) is 0 Å². The summed E-state index contributed by atoms with van der Waals surface area (Å²) >= 11 is 0. The minimum absolute atomic E-state index is 0.939. The topological polar surface area (TPSA) is 26.3 Å². The van der Waals surface area contributed by atoms with Crippen molar-refractivity contribution in [2.45, 2.75) is 110 Å². The monoisotopic (exact) mass is 546 g/mol. The molecule has 0 bridgehead atoms. The van der Waals surface area contributed by atoms with Crippen molar-refractivity contribution in [1.29, 1.82) is 0 Å². The molecule has 0 N–H and O–H groups in total. The Balaban J connectivity index is 1.20. The minimum atomic E-state index is 0.939. The Hall–Kier alpha value is -3.26. The summed E-state index contributed by atoms with van der Waals surface area (Å²) in [6.45, 7) is 4.56. The van der Waals surface area contributed by atoms with E-state index in [1.807, 2.05) is 0 Å². The summed E-state index contributed by atoms with van der Waals surface area (Å²) in [5, 5.41) is 7.19. The highest BCUT2D eigenvalue weighted by molar-refractivity contribution is 6.16. The summed E-state index contributed by atoms with van der Waals surface area (Å²) in [5.74, 6) is 0. The van der Waals surface area contributed by atoms with Crippen molar-refractivity contribution in [2.24, 2.45) is 0 Å². The first-order valence-corrected chi connectivity index (χ1v) is 16.5. The fourth-order valence-electron chi connectivity index (χ4n) is 6.59. The fourth-order valence-corrected chi connectivity index (χ4v) is 6.59. The molecular weight excluding hydrogens is 500 g/mol. The van der Waals surface area contributed by atoms with Crippen LogP contribution >= 0.6 is 0 Å². The molecule has 0 saturated carbocycles. The smallest absolute Gasteiger partial charge is 0.136 e. The first-order valence-electron chi connectivity index (χ1n) is 16.5. The lowest BCUT2D eigenvalue weighted by Crippen LogP contribution is -1.87. The average molecular weight is 547 g/mol. The molecule has 0 aliphatic carbocycles. The van der Waals surface area contributed by atoms with Crippen molar-refractivity contribution in [3.05, 3.63) is 71.8 Å². The van der Waals surface area contributed by atoms with Crippen molar-refractivity contribution in [3.63, 3.8) is 0 Å². The number of aryl methyl sites for hydroxylation is 2. The van der Waals surface area contributed by atoms with Crippen molar-refractivity contribution < 1.29 is 8.83 Å². The summed E-state index contributed by atoms with van der Waals surface area (Å²) in [6.07, 6.45) is 19.7. The highest BCUT2D eigenvalue weighted by Crippen LogP contribution is 2.38. The number of furan rings is 2. The molecule has 41 heavy (non-hydrogen) atoms. The molecule has 2 heteroatoms. The van der Waals surface area contributed by atoms with Gasteiger partial charge in [0.2, 0.25) is 0 Å². The molecule has 2 aromatic heterocycles. The molecule has 2 nitrogen and oxygen atoms in total. The largest absolute Gasteiger partial charge is 0.456 e. The molecule has 0 unspecified atom stereocenters. The van der Waals surface area contributed by atoms with E-state index in [4.69, 9.17) is 8.83 Å². The summed E-state index contributed by atoms with van der Waals surface area (Å²) < 4.78 is 12.8. The van der Waals surface area contributed by atoms with Gasteiger partial charge in [0.15, 0.2) is 0 Å². The van der Waals surface area contributed by atoms with E-state index in [1.165, 1.54) is 116 Å². The molecule has 0 aliphatic heterocycles. The molecule has 0 fully saturated rings. The third kappa shape index (κ3) is 6.32. The molecule has 6 rings (SSSR count). The van der Waals surface area contributed by atoms with E-state index in [-0.39, 0.29) is 0 Å². The van der Waals surface area contributed by atoms with Gasteiger partial charge in [0.1, 0.15) is 22.3 Å². The van der Waals surface area contributed by atoms with Gasteiger partial charge in [0.25, 0.3) is 0 Å². The third-order valence-corrected chi connectivity index (χ3v) is 9.04. The molecule has 0 aliphatic rings. The quantitative estimate of drug-likeness (QED) is 0.120. The van der Waals surface area contributed by atoms with E-state index in [1.54, 1.807) is 0 Å². The van der Waals surface area contributed by atoms with E-state index >= 15 is 0 Å². The SMILES string of the molecule is CCCCCCCCCCc1ccc2cc3c(cc2c1)oc1cc2c(cc13)oc1ccc(CCCCCCC)cc12. The Labute approximate surface area is 245 Å². The molecule has 0 spiro atoms. The maximum absolute atomic E-state index is 6.47. The Morgan fingerprint density at radius 2 is 0.878 bits per heavy atom. The van der Waals surface area contributed by atoms with Crippen LogP contribution in [0.5, 0.6) is 0 Å². The zero-order valence-electron chi connectivity index (χ0n) is 25.2. The van der Waals surface area contributed by atoms with Crippen LogP contribution in [0.15, 0.2) is 69.5 Å². The number of unbranched alkanes of at least 4 members (excludes halogenated alkanes) is 11. The molecule has 0 amide bonds. The third-order valence-electron chi connectivity index (χ3n) is 9.04. The zero-order valence-corrected chi connectivity index (χ0v) is 25.2. The Morgan fingerprint density at radius 3 is 1.54 bits per heavy atom. The summed E-state index contributed by atoms with van der Waals surface area (Å²) in [7, 11) is 0. The van der Waals surface area contributed by atoms with E-state index in [9.17, 15) is 0 Å². The number of benzene rings is 4. The van der Waals surface area contributed by atoms with Gasteiger partial charge in [0, 0.05) is 21.5 Å². The molecule has 0 atom stereocenters. The Bertz CT molecular complexity index is 1750. The lowest BCUT2D eigenvalue weighted by Gasteiger charge is -2.05. The highest BCUT2D eigenvalue weighted by Gasteiger charge is 2.15. The van der Waals surface area contributed by atoms with E-state index in [2.05, 4.69) is 74.5 Å². The van der Waals surface area contributed by atoms with Gasteiger partial charge in [-0.3, -0.25) is 0 Å². The van der Waals surface area contributed by atoms with Crippen molar-refractivity contribution in [2.75, 3.05) is 0 Å². The lowest BCUT2D eigenvalue weighted by atomic mass is 10.00. The van der Waals surface area contributed by atoms with Crippen LogP contribution in [0.2, 0.25) is 0 Å². The summed E-state index contributed by atoms with van der Waals surface area (Å²) in [5.41, 5.74) is 6.63. The van der Waals surface area contributed by atoms with Crippen LogP contribution in [0.3, 0.4) is 0 Å². The summed E-state index contributed by atoms with van der Waals surface area (Å²) in [4.78, 5) is 0. The number of rotatable bonds is 15. The lowest BCUT2D eigenvalue weighted by molar-refractivity contribution is 0.575. The van der Waals surface area contributed by atoms with Gasteiger partial charge in [-0.15, -0.1) is 0 Å². The Morgan fingerprint density at radius 1 is 0.390 bits per heavy atom. The van der Waals surface area contributed by atoms with Gasteiger partial charge in [0.05, 0.1) is 0 Å². The van der Waals surface area contributed by atoms with Crippen LogP contribution in [-0.4, -0.2) is 0 Å². The van der Waals surface area contributed by atoms with Crippen LogP contribution < -0.4 is 0 Å². The second-order valence-electron chi connectivity index (χ2n) is 12.3. The molecule has 214 valence electrons. The average Bonchev–Trinajstić information content (AvgIpc) is 3.52. The number of hydrogen-bond donors (Lipinski definition) is 0. The standard InChI is InChI=1S/C39H46O2/c1-3-5-7-9-10-11-13-15-16-28-18-20-30-24-33-35-27-38-34(26-39(35)41-37(33)25-31(30)22-28)32-23-29(19-21-36(32)40-38)17-14-12-8-6-4-2/h18-27H,3-17H2,1-2H3. The fraction of sp³-hybridized carbons (Fsp3) is 0.436. The second kappa shape index (κ2) is 13.1. The first kappa shape index (κ1) is 27.9. The zero-order chi connectivity index (χ0) is 28.0. The van der Waals surface area contributed by atoms with Crippen molar-refractivity contribution >= 4 is 54.6 Å². The van der Waals surface area contributed by atoms with Crippen LogP contribution in [-0.2, 0) is 12.8 Å². The number of fused-ring (bicyclic) bond motifs is 7. The normalized spacial score (nSPS) is 12.1. The predicted octanol–water partition coefficient (Wildman–Crippen LogP) is 12.8. The van der Waals surface area contributed by atoms with Gasteiger partial charge < -0.3 is 8.83 Å². The predicted molar refractivity (Wildman–Crippen MR) is 177 cm³/mol. The molecule has 2 heterocycles. The first-order chi connectivity index (χ1) is 20.2. The van der Waals surface area contributed by atoms with Gasteiger partial charge in [-0.05, 0) is 84.0 Å². The van der Waals surface area contributed by atoms with Crippen LogP contribution in [0.25, 0.3) is 54.6 Å². The van der Waals surface area contributed by atoms with Gasteiger partial charge in [-0.2, -0.15) is 0 Å². The maximum Gasteiger partial charge on any atom is 0.136 e. The van der Waals surface area contributed by atoms with Crippen LogP contribution in [0, 0.1) is 0 Å². The molecule has 0 radical (unpaired) electrons. The van der Waals surface area contributed by atoms with Gasteiger partial charge >= 0.3 is 0 Å². The van der Waals surface area contributed by atoms with Crippen LogP contribution in [0.1, 0.15) is 108 Å². The number of hydrogen-bond acceptors (Lipinski definition) is 2. The van der Waals surface area contributed by atoms with E-state index < -0.39 is 0 Å². The van der Waals surface area contributed by atoms with Crippen molar-refractivity contribution in [3.8, 4) is 0 Å². The van der Waals surface area contributed by atoms with Gasteiger partial charge in [-0.1, -0.05) is 109 Å². The molecule has 6 aromatic rings. The molecule has 0 saturated heterocycles. The summed E-state index contributed by atoms with van der Waals surface area (Å²) in [6, 6.07) is 22.6. The highest BCUT2D eigenvalue weighted by atomic mass is 16.3.